The predicted octanol–water partition coefficient (Wildman–Crippen LogP) is 4.68. The average molecular weight is 424 g/mol. The first-order valence-electron chi connectivity index (χ1n) is 10.2. The third-order valence-electron chi connectivity index (χ3n) is 5.21. The van der Waals surface area contributed by atoms with Crippen LogP contribution < -0.4 is 10.2 Å². The summed E-state index contributed by atoms with van der Waals surface area (Å²) in [6.45, 7) is 10.4. The Balaban J connectivity index is 1.63. The Bertz CT molecular complexity index is 1010. The summed E-state index contributed by atoms with van der Waals surface area (Å²) in [5.74, 6) is 1.01. The lowest BCUT2D eigenvalue weighted by Crippen LogP contribution is -2.21. The van der Waals surface area contributed by atoms with E-state index in [1.165, 1.54) is 23.0 Å². The zero-order valence-electron chi connectivity index (χ0n) is 18.3. The SMILES string of the molecule is CCN(CC)c1ccc(-c2nnc(SCC(=O)Nc3ccc(C)c(C)c3)n2C)cc1. The average Bonchev–Trinajstić information content (AvgIpc) is 3.11. The van der Waals surface area contributed by atoms with Gasteiger partial charge >= 0.3 is 0 Å². The summed E-state index contributed by atoms with van der Waals surface area (Å²) in [6, 6.07) is 14.3. The lowest BCUT2D eigenvalue weighted by molar-refractivity contribution is -0.113. The molecule has 0 aliphatic rings. The summed E-state index contributed by atoms with van der Waals surface area (Å²) in [7, 11) is 1.93. The highest BCUT2D eigenvalue weighted by molar-refractivity contribution is 7.99. The van der Waals surface area contributed by atoms with Gasteiger partial charge in [0.15, 0.2) is 11.0 Å². The van der Waals surface area contributed by atoms with Crippen LogP contribution >= 0.6 is 11.8 Å². The zero-order chi connectivity index (χ0) is 21.7. The van der Waals surface area contributed by atoms with Gasteiger partial charge in [-0.3, -0.25) is 4.79 Å². The normalized spacial score (nSPS) is 10.8. The highest BCUT2D eigenvalue weighted by Crippen LogP contribution is 2.25. The summed E-state index contributed by atoms with van der Waals surface area (Å²) >= 11 is 1.38. The molecule has 6 nitrogen and oxygen atoms in total. The number of amides is 1. The first kappa shape index (κ1) is 21.9. The van der Waals surface area contributed by atoms with Gasteiger partial charge in [-0.25, -0.2) is 0 Å². The summed E-state index contributed by atoms with van der Waals surface area (Å²) < 4.78 is 1.93. The monoisotopic (exact) mass is 423 g/mol. The van der Waals surface area contributed by atoms with Crippen molar-refractivity contribution >= 4 is 29.0 Å². The molecule has 3 aromatic rings. The predicted molar refractivity (Wildman–Crippen MR) is 125 cm³/mol. The van der Waals surface area contributed by atoms with Crippen LogP contribution in [0.5, 0.6) is 0 Å². The number of hydrogen-bond donors (Lipinski definition) is 1. The number of nitrogens with one attached hydrogen (secondary N) is 1. The van der Waals surface area contributed by atoms with E-state index >= 15 is 0 Å². The number of thioether (sulfide) groups is 1. The van der Waals surface area contributed by atoms with Crippen LogP contribution in [0.4, 0.5) is 11.4 Å². The van der Waals surface area contributed by atoms with Gasteiger partial charge in [-0.2, -0.15) is 0 Å². The quantitative estimate of drug-likeness (QED) is 0.533. The molecule has 1 heterocycles. The van der Waals surface area contributed by atoms with Crippen molar-refractivity contribution in [2.24, 2.45) is 7.05 Å². The van der Waals surface area contributed by atoms with Gasteiger partial charge in [0, 0.05) is 37.1 Å². The van der Waals surface area contributed by atoms with E-state index in [0.717, 1.165) is 35.7 Å². The van der Waals surface area contributed by atoms with E-state index in [2.05, 4.69) is 65.5 Å². The van der Waals surface area contributed by atoms with E-state index in [-0.39, 0.29) is 11.7 Å². The van der Waals surface area contributed by atoms with E-state index in [1.54, 1.807) is 0 Å². The second-order valence-electron chi connectivity index (χ2n) is 7.22. The molecule has 158 valence electrons. The Hall–Kier alpha value is -2.80. The third-order valence-corrected chi connectivity index (χ3v) is 6.23. The van der Waals surface area contributed by atoms with Crippen LogP contribution in [0, 0.1) is 13.8 Å². The molecule has 0 aliphatic carbocycles. The van der Waals surface area contributed by atoms with Crippen LogP contribution in [-0.2, 0) is 11.8 Å². The van der Waals surface area contributed by atoms with Gasteiger partial charge in [0.25, 0.3) is 0 Å². The second kappa shape index (κ2) is 9.80. The number of nitrogens with zero attached hydrogens (tertiary/aromatic N) is 4. The van der Waals surface area contributed by atoms with E-state index in [9.17, 15) is 4.79 Å². The molecule has 0 saturated carbocycles. The second-order valence-corrected chi connectivity index (χ2v) is 8.16. The number of rotatable bonds is 8. The number of hydrogen-bond acceptors (Lipinski definition) is 5. The summed E-state index contributed by atoms with van der Waals surface area (Å²) in [6.07, 6.45) is 0. The summed E-state index contributed by atoms with van der Waals surface area (Å²) in [5.41, 5.74) is 5.39. The van der Waals surface area contributed by atoms with Gasteiger partial charge in [0.1, 0.15) is 0 Å². The van der Waals surface area contributed by atoms with Crippen molar-refractivity contribution in [3.8, 4) is 11.4 Å². The van der Waals surface area contributed by atoms with Crippen LogP contribution in [0.3, 0.4) is 0 Å². The fraction of sp³-hybridized carbons (Fsp3) is 0.348. The molecule has 1 amide bonds. The van der Waals surface area contributed by atoms with Crippen molar-refractivity contribution in [2.45, 2.75) is 32.9 Å². The largest absolute Gasteiger partial charge is 0.372 e. The van der Waals surface area contributed by atoms with Crippen LogP contribution in [0.2, 0.25) is 0 Å². The number of carbonyl (C=O) groups is 1. The van der Waals surface area contributed by atoms with Crippen molar-refractivity contribution in [3.63, 3.8) is 0 Å². The number of carbonyl (C=O) groups excluding carboxylic acids is 1. The Morgan fingerprint density at radius 3 is 2.37 bits per heavy atom. The topological polar surface area (TPSA) is 63.1 Å². The van der Waals surface area contributed by atoms with E-state index < -0.39 is 0 Å². The maximum Gasteiger partial charge on any atom is 0.234 e. The molecule has 0 saturated heterocycles. The molecule has 7 heteroatoms. The molecular weight excluding hydrogens is 394 g/mol. The van der Waals surface area contributed by atoms with Gasteiger partial charge < -0.3 is 14.8 Å². The lowest BCUT2D eigenvalue weighted by Gasteiger charge is -2.21. The number of aromatic nitrogens is 3. The first-order chi connectivity index (χ1) is 14.4. The maximum atomic E-state index is 12.3. The molecule has 0 bridgehead atoms. The van der Waals surface area contributed by atoms with Crippen molar-refractivity contribution in [1.29, 1.82) is 0 Å². The molecule has 30 heavy (non-hydrogen) atoms. The van der Waals surface area contributed by atoms with Crippen molar-refractivity contribution in [3.05, 3.63) is 53.6 Å². The van der Waals surface area contributed by atoms with Crippen LogP contribution in [0.1, 0.15) is 25.0 Å². The van der Waals surface area contributed by atoms with Crippen molar-refractivity contribution < 1.29 is 4.79 Å². The summed E-state index contributed by atoms with van der Waals surface area (Å²) in [4.78, 5) is 14.6. The maximum absolute atomic E-state index is 12.3. The van der Waals surface area contributed by atoms with Crippen molar-refractivity contribution in [2.75, 3.05) is 29.1 Å². The van der Waals surface area contributed by atoms with E-state index in [0.29, 0.717) is 5.16 Å². The molecule has 0 fully saturated rings. The van der Waals surface area contributed by atoms with E-state index in [1.807, 2.05) is 36.7 Å². The molecule has 0 spiro atoms. The Morgan fingerprint density at radius 1 is 1.03 bits per heavy atom. The van der Waals surface area contributed by atoms with Crippen LogP contribution in [0.15, 0.2) is 47.6 Å². The fourth-order valence-corrected chi connectivity index (χ4v) is 3.96. The molecule has 1 N–H and O–H groups in total. The smallest absolute Gasteiger partial charge is 0.234 e. The van der Waals surface area contributed by atoms with Crippen molar-refractivity contribution in [1.82, 2.24) is 14.8 Å². The number of benzene rings is 2. The minimum absolute atomic E-state index is 0.0589. The standard InChI is InChI=1S/C23H29N5OS/c1-6-28(7-2)20-12-9-18(10-13-20)22-25-26-23(27(22)5)30-15-21(29)24-19-11-8-16(3)17(4)14-19/h8-14H,6-7,15H2,1-5H3,(H,24,29). The molecule has 0 atom stereocenters. The lowest BCUT2D eigenvalue weighted by atomic mass is 10.1. The van der Waals surface area contributed by atoms with Gasteiger partial charge in [-0.15, -0.1) is 10.2 Å². The van der Waals surface area contributed by atoms with Gasteiger partial charge in [-0.1, -0.05) is 17.8 Å². The molecule has 0 aliphatic heterocycles. The zero-order valence-corrected chi connectivity index (χ0v) is 19.1. The summed E-state index contributed by atoms with van der Waals surface area (Å²) in [5, 5.41) is 12.3. The van der Waals surface area contributed by atoms with E-state index in [4.69, 9.17) is 0 Å². The van der Waals surface area contributed by atoms with Crippen LogP contribution in [-0.4, -0.2) is 39.5 Å². The molecule has 1 aromatic heterocycles. The van der Waals surface area contributed by atoms with Gasteiger partial charge in [0.2, 0.25) is 5.91 Å². The first-order valence-corrected chi connectivity index (χ1v) is 11.2. The fourth-order valence-electron chi connectivity index (χ4n) is 3.25. The minimum atomic E-state index is -0.0589. The molecular formula is C23H29N5OS. The molecule has 0 unspecified atom stereocenters. The van der Waals surface area contributed by atoms with Gasteiger partial charge in [0.05, 0.1) is 5.75 Å². The number of aryl methyl sites for hydroxylation is 2. The highest BCUT2D eigenvalue weighted by atomic mass is 32.2. The number of anilines is 2. The van der Waals surface area contributed by atoms with Crippen LogP contribution in [0.25, 0.3) is 11.4 Å². The molecule has 3 rings (SSSR count). The Kier molecular flexibility index (Phi) is 7.15. The molecule has 0 radical (unpaired) electrons. The van der Waals surface area contributed by atoms with Gasteiger partial charge in [-0.05, 0) is 75.2 Å². The Labute approximate surface area is 182 Å². The Morgan fingerprint density at radius 2 is 1.73 bits per heavy atom. The third kappa shape index (κ3) is 5.02. The minimum Gasteiger partial charge on any atom is -0.372 e. The highest BCUT2D eigenvalue weighted by Gasteiger charge is 2.14. The molecule has 2 aromatic carbocycles.